The van der Waals surface area contributed by atoms with Crippen molar-refractivity contribution < 1.29 is 0 Å². The first-order chi connectivity index (χ1) is 8.15. The fourth-order valence-corrected chi connectivity index (χ4v) is 2.60. The molecule has 0 bridgehead atoms. The molecule has 0 fully saturated rings. The van der Waals surface area contributed by atoms with Crippen LogP contribution in [0.5, 0.6) is 0 Å². The van der Waals surface area contributed by atoms with Crippen molar-refractivity contribution in [2.45, 2.75) is 58.9 Å². The Morgan fingerprint density at radius 1 is 1.06 bits per heavy atom. The summed E-state index contributed by atoms with van der Waals surface area (Å²) >= 11 is 0. The van der Waals surface area contributed by atoms with Gasteiger partial charge in [-0.15, -0.1) is 0 Å². The Labute approximate surface area is 106 Å². The second-order valence-electron chi connectivity index (χ2n) is 5.85. The van der Waals surface area contributed by atoms with E-state index >= 15 is 0 Å². The molecule has 1 aromatic rings. The fourth-order valence-electron chi connectivity index (χ4n) is 2.60. The first-order valence-electron chi connectivity index (χ1n) is 7.03. The monoisotopic (exact) mass is 231 g/mol. The van der Waals surface area contributed by atoms with Gasteiger partial charge in [0.1, 0.15) is 0 Å². The van der Waals surface area contributed by atoms with E-state index in [1.165, 1.54) is 37.8 Å². The van der Waals surface area contributed by atoms with Gasteiger partial charge in [-0.2, -0.15) is 0 Å². The lowest BCUT2D eigenvalue weighted by Crippen LogP contribution is -2.15. The molecule has 1 unspecified atom stereocenters. The third kappa shape index (κ3) is 3.49. The Morgan fingerprint density at radius 3 is 2.59 bits per heavy atom. The van der Waals surface area contributed by atoms with E-state index in [1.807, 2.05) is 0 Å². The second kappa shape index (κ2) is 5.57. The van der Waals surface area contributed by atoms with Crippen LogP contribution in [0.1, 0.15) is 51.2 Å². The summed E-state index contributed by atoms with van der Waals surface area (Å²) in [6, 6.07) is 7.49. The summed E-state index contributed by atoms with van der Waals surface area (Å²) in [6.45, 7) is 6.87. The Balaban J connectivity index is 1.90. The number of hydrogen-bond acceptors (Lipinski definition) is 1. The van der Waals surface area contributed by atoms with Crippen molar-refractivity contribution in [2.24, 2.45) is 5.92 Å². The van der Waals surface area contributed by atoms with E-state index in [9.17, 15) is 0 Å². The molecule has 2 rings (SSSR count). The van der Waals surface area contributed by atoms with Crippen LogP contribution in [-0.2, 0) is 12.8 Å². The summed E-state index contributed by atoms with van der Waals surface area (Å²) in [5.74, 6) is 0.805. The van der Waals surface area contributed by atoms with Gasteiger partial charge in [0.05, 0.1) is 0 Å². The van der Waals surface area contributed by atoms with E-state index in [0.29, 0.717) is 6.04 Å². The number of fused-ring (bicyclic) bond motifs is 1. The van der Waals surface area contributed by atoms with Crippen LogP contribution in [-0.4, -0.2) is 6.04 Å². The van der Waals surface area contributed by atoms with Crippen LogP contribution < -0.4 is 5.32 Å². The molecular formula is C16H25N. The van der Waals surface area contributed by atoms with Gasteiger partial charge in [-0.1, -0.05) is 19.9 Å². The van der Waals surface area contributed by atoms with Crippen molar-refractivity contribution in [2.75, 3.05) is 5.32 Å². The van der Waals surface area contributed by atoms with Crippen molar-refractivity contribution in [1.29, 1.82) is 0 Å². The molecule has 0 saturated heterocycles. The average molecular weight is 231 g/mol. The number of anilines is 1. The minimum Gasteiger partial charge on any atom is -0.383 e. The van der Waals surface area contributed by atoms with E-state index in [1.54, 1.807) is 11.1 Å². The maximum Gasteiger partial charge on any atom is 0.0345 e. The third-order valence-corrected chi connectivity index (χ3v) is 3.69. The van der Waals surface area contributed by atoms with E-state index in [-0.39, 0.29) is 0 Å². The highest BCUT2D eigenvalue weighted by molar-refractivity contribution is 5.50. The second-order valence-corrected chi connectivity index (χ2v) is 5.85. The first kappa shape index (κ1) is 12.5. The van der Waals surface area contributed by atoms with Gasteiger partial charge in [0.2, 0.25) is 0 Å². The van der Waals surface area contributed by atoms with Crippen LogP contribution in [0.25, 0.3) is 0 Å². The van der Waals surface area contributed by atoms with Crippen molar-refractivity contribution in [3.63, 3.8) is 0 Å². The Bertz CT molecular complexity index is 368. The van der Waals surface area contributed by atoms with Crippen LogP contribution in [0.4, 0.5) is 5.69 Å². The quantitative estimate of drug-likeness (QED) is 0.791. The highest BCUT2D eigenvalue weighted by atomic mass is 14.9. The maximum absolute atomic E-state index is 3.63. The molecule has 1 N–H and O–H groups in total. The van der Waals surface area contributed by atoms with Gasteiger partial charge in [0.25, 0.3) is 0 Å². The predicted octanol–water partition coefficient (Wildman–Crippen LogP) is 4.41. The van der Waals surface area contributed by atoms with Crippen LogP contribution in [0.15, 0.2) is 18.2 Å². The van der Waals surface area contributed by atoms with Crippen LogP contribution >= 0.6 is 0 Å². The van der Waals surface area contributed by atoms with Crippen molar-refractivity contribution in [3.8, 4) is 0 Å². The molecule has 17 heavy (non-hydrogen) atoms. The summed E-state index contributed by atoms with van der Waals surface area (Å²) in [6.07, 6.45) is 6.44. The Hall–Kier alpha value is -0.980. The van der Waals surface area contributed by atoms with Gasteiger partial charge in [0, 0.05) is 11.7 Å². The molecule has 0 radical (unpaired) electrons. The van der Waals surface area contributed by atoms with Crippen LogP contribution in [0.2, 0.25) is 0 Å². The lowest BCUT2D eigenvalue weighted by molar-refractivity contribution is 0.527. The SMILES string of the molecule is CC(C)CCC(C)Nc1ccc2c(c1)CCC2. The van der Waals surface area contributed by atoms with Crippen molar-refractivity contribution in [3.05, 3.63) is 29.3 Å². The molecule has 0 amide bonds. The van der Waals surface area contributed by atoms with E-state index in [2.05, 4.69) is 44.3 Å². The van der Waals surface area contributed by atoms with E-state index in [4.69, 9.17) is 0 Å². The van der Waals surface area contributed by atoms with Gasteiger partial charge in [-0.25, -0.2) is 0 Å². The third-order valence-electron chi connectivity index (χ3n) is 3.69. The summed E-state index contributed by atoms with van der Waals surface area (Å²) in [5, 5.41) is 3.63. The fraction of sp³-hybridized carbons (Fsp3) is 0.625. The summed E-state index contributed by atoms with van der Waals surface area (Å²) in [7, 11) is 0. The number of benzene rings is 1. The van der Waals surface area contributed by atoms with Gasteiger partial charge < -0.3 is 5.32 Å². The predicted molar refractivity (Wildman–Crippen MR) is 75.6 cm³/mol. The summed E-state index contributed by atoms with van der Waals surface area (Å²) in [4.78, 5) is 0. The highest BCUT2D eigenvalue weighted by Gasteiger charge is 2.11. The smallest absolute Gasteiger partial charge is 0.0345 e. The number of rotatable bonds is 5. The lowest BCUT2D eigenvalue weighted by Gasteiger charge is -2.17. The van der Waals surface area contributed by atoms with Gasteiger partial charge in [0.15, 0.2) is 0 Å². The largest absolute Gasteiger partial charge is 0.383 e. The van der Waals surface area contributed by atoms with E-state index in [0.717, 1.165) is 5.92 Å². The topological polar surface area (TPSA) is 12.0 Å². The van der Waals surface area contributed by atoms with Gasteiger partial charge >= 0.3 is 0 Å². The van der Waals surface area contributed by atoms with Crippen LogP contribution in [0.3, 0.4) is 0 Å². The van der Waals surface area contributed by atoms with Gasteiger partial charge in [-0.05, 0) is 68.2 Å². The van der Waals surface area contributed by atoms with E-state index < -0.39 is 0 Å². The molecule has 94 valence electrons. The molecule has 1 aliphatic carbocycles. The van der Waals surface area contributed by atoms with Crippen molar-refractivity contribution in [1.82, 2.24) is 0 Å². The molecule has 0 aliphatic heterocycles. The maximum atomic E-state index is 3.63. The molecule has 1 aromatic carbocycles. The zero-order valence-corrected chi connectivity index (χ0v) is 11.4. The standard InChI is InChI=1S/C16H25N/c1-12(2)7-8-13(3)17-16-10-9-14-5-4-6-15(14)11-16/h9-13,17H,4-8H2,1-3H3. The molecule has 1 atom stereocenters. The number of nitrogens with one attached hydrogen (secondary N) is 1. The molecule has 0 spiro atoms. The number of aryl methyl sites for hydroxylation is 2. The molecule has 0 saturated carbocycles. The molecule has 0 aromatic heterocycles. The zero-order valence-electron chi connectivity index (χ0n) is 11.4. The molecule has 1 nitrogen and oxygen atoms in total. The lowest BCUT2D eigenvalue weighted by atomic mass is 10.0. The van der Waals surface area contributed by atoms with Crippen LogP contribution in [0, 0.1) is 5.92 Å². The minimum atomic E-state index is 0.580. The highest BCUT2D eigenvalue weighted by Crippen LogP contribution is 2.25. The summed E-state index contributed by atoms with van der Waals surface area (Å²) in [5.41, 5.74) is 4.43. The van der Waals surface area contributed by atoms with Gasteiger partial charge in [-0.3, -0.25) is 0 Å². The number of hydrogen-bond donors (Lipinski definition) is 1. The molecular weight excluding hydrogens is 206 g/mol. The van der Waals surface area contributed by atoms with Crippen molar-refractivity contribution >= 4 is 5.69 Å². The normalized spacial score (nSPS) is 16.0. The Morgan fingerprint density at radius 2 is 1.82 bits per heavy atom. The molecule has 0 heterocycles. The average Bonchev–Trinajstić information content (AvgIpc) is 2.73. The minimum absolute atomic E-state index is 0.580. The molecule has 1 aliphatic rings. The Kier molecular flexibility index (Phi) is 4.09. The summed E-state index contributed by atoms with van der Waals surface area (Å²) < 4.78 is 0. The zero-order chi connectivity index (χ0) is 12.3. The molecule has 1 heteroatoms. The first-order valence-corrected chi connectivity index (χ1v) is 7.03.